The number of piperazine rings is 1. The summed E-state index contributed by atoms with van der Waals surface area (Å²) in [6.45, 7) is 6.40. The summed E-state index contributed by atoms with van der Waals surface area (Å²) in [6, 6.07) is 8.16. The summed E-state index contributed by atoms with van der Waals surface area (Å²) in [6.07, 6.45) is 0. The number of carbonyl (C=O) groups is 1. The summed E-state index contributed by atoms with van der Waals surface area (Å²) in [4.78, 5) is 16.4. The highest BCUT2D eigenvalue weighted by molar-refractivity contribution is 5.93. The van der Waals surface area contributed by atoms with Crippen molar-refractivity contribution < 1.29 is 13.7 Å². The van der Waals surface area contributed by atoms with Gasteiger partial charge < -0.3 is 9.42 Å². The molecule has 0 aliphatic carbocycles. The lowest BCUT2D eigenvalue weighted by molar-refractivity contribution is -0.121. The molecule has 0 saturated carbocycles. The maximum absolute atomic E-state index is 13.9. The van der Waals surface area contributed by atoms with Crippen LogP contribution in [0.1, 0.15) is 12.6 Å². The van der Waals surface area contributed by atoms with Crippen LogP contribution < -0.4 is 10.2 Å². The minimum absolute atomic E-state index is 0.134. The highest BCUT2D eigenvalue weighted by Gasteiger charge is 2.27. The Hall–Kier alpha value is -2.41. The van der Waals surface area contributed by atoms with E-state index in [4.69, 9.17) is 4.52 Å². The summed E-state index contributed by atoms with van der Waals surface area (Å²) >= 11 is 0. The molecule has 0 bridgehead atoms. The van der Waals surface area contributed by atoms with E-state index in [1.807, 2.05) is 17.9 Å². The fourth-order valence-corrected chi connectivity index (χ4v) is 2.87. The minimum Gasteiger partial charge on any atom is -0.367 e. The zero-order valence-corrected chi connectivity index (χ0v) is 13.8. The van der Waals surface area contributed by atoms with Crippen molar-refractivity contribution in [3.05, 3.63) is 41.8 Å². The minimum atomic E-state index is -0.293. The fourth-order valence-electron chi connectivity index (χ4n) is 2.87. The molecule has 1 aromatic heterocycles. The molecule has 1 aliphatic rings. The van der Waals surface area contributed by atoms with E-state index in [1.54, 1.807) is 25.1 Å². The van der Waals surface area contributed by atoms with Crippen molar-refractivity contribution in [3.63, 3.8) is 0 Å². The molecule has 1 aliphatic heterocycles. The van der Waals surface area contributed by atoms with Crippen molar-refractivity contribution in [1.82, 2.24) is 10.1 Å². The Balaban J connectivity index is 1.56. The Morgan fingerprint density at radius 1 is 1.29 bits per heavy atom. The van der Waals surface area contributed by atoms with E-state index >= 15 is 0 Å². The highest BCUT2D eigenvalue weighted by Crippen LogP contribution is 2.21. The van der Waals surface area contributed by atoms with E-state index in [2.05, 4.69) is 15.4 Å². The molecule has 0 unspecified atom stereocenters. The number of halogens is 1. The Morgan fingerprint density at radius 2 is 2.00 bits per heavy atom. The number of aryl methyl sites for hydroxylation is 1. The molecule has 2 heterocycles. The zero-order valence-electron chi connectivity index (χ0n) is 13.8. The Morgan fingerprint density at radius 3 is 2.62 bits per heavy atom. The Bertz CT molecular complexity index is 710. The molecule has 1 aromatic carbocycles. The first-order chi connectivity index (χ1) is 11.5. The van der Waals surface area contributed by atoms with Crippen LogP contribution in [-0.2, 0) is 4.79 Å². The van der Waals surface area contributed by atoms with Crippen LogP contribution in [0.5, 0.6) is 0 Å². The molecule has 2 aromatic rings. The van der Waals surface area contributed by atoms with Crippen molar-refractivity contribution in [2.45, 2.75) is 19.9 Å². The van der Waals surface area contributed by atoms with Gasteiger partial charge in [-0.05, 0) is 26.0 Å². The Kier molecular flexibility index (Phi) is 4.80. The van der Waals surface area contributed by atoms with Gasteiger partial charge in [-0.1, -0.05) is 17.3 Å². The number of carbonyl (C=O) groups excluding carboxylic acids is 1. The number of hydrogen-bond donors (Lipinski definition) is 1. The summed E-state index contributed by atoms with van der Waals surface area (Å²) < 4.78 is 18.9. The number of benzene rings is 1. The number of para-hydroxylation sites is 1. The van der Waals surface area contributed by atoms with Crippen LogP contribution in [0.2, 0.25) is 0 Å². The summed E-state index contributed by atoms with van der Waals surface area (Å²) in [7, 11) is 0. The van der Waals surface area contributed by atoms with E-state index in [1.165, 1.54) is 6.07 Å². The molecule has 128 valence electrons. The number of rotatable bonds is 4. The fraction of sp³-hybridized carbons (Fsp3) is 0.412. The van der Waals surface area contributed by atoms with Gasteiger partial charge in [0.05, 0.1) is 17.4 Å². The molecular formula is C17H21FN4O2. The highest BCUT2D eigenvalue weighted by atomic mass is 19.1. The van der Waals surface area contributed by atoms with Crippen molar-refractivity contribution in [1.29, 1.82) is 0 Å². The molecule has 1 N–H and O–H groups in total. The average Bonchev–Trinajstić information content (AvgIpc) is 2.99. The van der Waals surface area contributed by atoms with E-state index in [-0.39, 0.29) is 17.8 Å². The van der Waals surface area contributed by atoms with Crippen molar-refractivity contribution in [3.8, 4) is 0 Å². The summed E-state index contributed by atoms with van der Waals surface area (Å²) in [5.41, 5.74) is 1.34. The lowest BCUT2D eigenvalue weighted by Gasteiger charge is -2.38. The van der Waals surface area contributed by atoms with Gasteiger partial charge in [0.1, 0.15) is 5.82 Å². The van der Waals surface area contributed by atoms with Gasteiger partial charge in [0.2, 0.25) is 11.8 Å². The smallest absolute Gasteiger partial charge is 0.243 e. The first kappa shape index (κ1) is 16.4. The van der Waals surface area contributed by atoms with Crippen LogP contribution in [0.25, 0.3) is 0 Å². The molecule has 1 fully saturated rings. The normalized spacial score (nSPS) is 16.9. The molecule has 0 spiro atoms. The number of aromatic nitrogens is 1. The van der Waals surface area contributed by atoms with Gasteiger partial charge in [-0.25, -0.2) is 4.39 Å². The average molecular weight is 332 g/mol. The second-order valence-electron chi connectivity index (χ2n) is 5.97. The van der Waals surface area contributed by atoms with Crippen LogP contribution in [0.15, 0.2) is 34.9 Å². The second-order valence-corrected chi connectivity index (χ2v) is 5.97. The van der Waals surface area contributed by atoms with E-state index < -0.39 is 0 Å². The van der Waals surface area contributed by atoms with Gasteiger partial charge in [-0.2, -0.15) is 0 Å². The molecule has 0 radical (unpaired) electrons. The predicted molar refractivity (Wildman–Crippen MR) is 89.5 cm³/mol. The monoisotopic (exact) mass is 332 g/mol. The molecular weight excluding hydrogens is 311 g/mol. The third-order valence-corrected chi connectivity index (χ3v) is 4.31. The van der Waals surface area contributed by atoms with Crippen LogP contribution in [0.4, 0.5) is 16.0 Å². The molecule has 24 heavy (non-hydrogen) atoms. The van der Waals surface area contributed by atoms with E-state index in [0.717, 1.165) is 5.69 Å². The maximum Gasteiger partial charge on any atom is 0.243 e. The number of nitrogens with one attached hydrogen (secondary N) is 1. The van der Waals surface area contributed by atoms with Gasteiger partial charge in [0.25, 0.3) is 0 Å². The first-order valence-corrected chi connectivity index (χ1v) is 8.02. The number of nitrogens with zero attached hydrogens (tertiary/aromatic N) is 3. The molecule has 3 rings (SSSR count). The van der Waals surface area contributed by atoms with Gasteiger partial charge in [0, 0.05) is 32.2 Å². The third kappa shape index (κ3) is 3.56. The molecule has 7 heteroatoms. The molecule has 1 amide bonds. The van der Waals surface area contributed by atoms with Crippen molar-refractivity contribution in [2.24, 2.45) is 0 Å². The van der Waals surface area contributed by atoms with Crippen molar-refractivity contribution in [2.75, 3.05) is 36.4 Å². The molecule has 1 atom stereocenters. The number of hydrogen-bond acceptors (Lipinski definition) is 5. The number of amides is 1. The number of anilines is 2. The summed E-state index contributed by atoms with van der Waals surface area (Å²) in [5.74, 6) is 0.0114. The first-order valence-electron chi connectivity index (χ1n) is 8.02. The SMILES string of the molecule is Cc1cc(NC(=O)[C@H](C)N2CCN(c3ccccc3F)CC2)on1. The van der Waals surface area contributed by atoms with Crippen LogP contribution in [-0.4, -0.2) is 48.2 Å². The third-order valence-electron chi connectivity index (χ3n) is 4.31. The van der Waals surface area contributed by atoms with Crippen LogP contribution in [0.3, 0.4) is 0 Å². The Labute approximate surface area is 140 Å². The van der Waals surface area contributed by atoms with Crippen molar-refractivity contribution >= 4 is 17.5 Å². The van der Waals surface area contributed by atoms with Gasteiger partial charge >= 0.3 is 0 Å². The maximum atomic E-state index is 13.9. The lowest BCUT2D eigenvalue weighted by atomic mass is 10.2. The van der Waals surface area contributed by atoms with E-state index in [0.29, 0.717) is 37.8 Å². The molecule has 1 saturated heterocycles. The largest absolute Gasteiger partial charge is 0.367 e. The topological polar surface area (TPSA) is 61.6 Å². The zero-order chi connectivity index (χ0) is 17.1. The second kappa shape index (κ2) is 7.00. The summed E-state index contributed by atoms with van der Waals surface area (Å²) in [5, 5.41) is 6.48. The van der Waals surface area contributed by atoms with Crippen LogP contribution in [0, 0.1) is 12.7 Å². The quantitative estimate of drug-likeness (QED) is 0.931. The standard InChI is InChI=1S/C17H21FN4O2/c1-12-11-16(24-20-12)19-17(23)13(2)21-7-9-22(10-8-21)15-6-4-3-5-14(15)18/h3-6,11,13H,7-10H2,1-2H3,(H,19,23)/t13-/m0/s1. The van der Waals surface area contributed by atoms with E-state index in [9.17, 15) is 9.18 Å². The van der Waals surface area contributed by atoms with Gasteiger partial charge in [0.15, 0.2) is 0 Å². The van der Waals surface area contributed by atoms with Gasteiger partial charge in [-0.3, -0.25) is 15.0 Å². The molecule has 6 nitrogen and oxygen atoms in total. The lowest BCUT2D eigenvalue weighted by Crippen LogP contribution is -2.53. The van der Waals surface area contributed by atoms with Gasteiger partial charge in [-0.15, -0.1) is 0 Å². The predicted octanol–water partition coefficient (Wildman–Crippen LogP) is 2.27. The van der Waals surface area contributed by atoms with Crippen LogP contribution >= 0.6 is 0 Å².